The van der Waals surface area contributed by atoms with Crippen molar-refractivity contribution in [2.24, 2.45) is 0 Å². The van der Waals surface area contributed by atoms with Crippen LogP contribution in [0.1, 0.15) is 36.3 Å². The normalized spacial score (nSPS) is 14.0. The van der Waals surface area contributed by atoms with Gasteiger partial charge in [-0.15, -0.1) is 33.3 Å². The van der Waals surface area contributed by atoms with E-state index in [-0.39, 0.29) is 0 Å². The standard InChI is InChI=1S/C24H26N4OS3/c1-4-21(30-3)23-26-27-24(28(23)19-12-8-9-13-20(19)29-2)32-16-18-15-31-22(25-18)14-17-10-6-5-7-11-17/h4-6,8-10,12-13,15H,7,11,14,16H2,1-3H3. The molecule has 0 saturated carbocycles. The number of thioether (sulfide) groups is 2. The molecule has 32 heavy (non-hydrogen) atoms. The van der Waals surface area contributed by atoms with E-state index in [1.165, 1.54) is 10.6 Å². The molecular weight excluding hydrogens is 456 g/mol. The smallest absolute Gasteiger partial charge is 0.196 e. The van der Waals surface area contributed by atoms with Crippen LogP contribution in [0.2, 0.25) is 0 Å². The number of methoxy groups -OCH3 is 1. The summed E-state index contributed by atoms with van der Waals surface area (Å²) in [4.78, 5) is 5.94. The Morgan fingerprint density at radius 1 is 1.28 bits per heavy atom. The summed E-state index contributed by atoms with van der Waals surface area (Å²) >= 11 is 5.05. The lowest BCUT2D eigenvalue weighted by atomic mass is 10.0. The number of rotatable bonds is 9. The molecule has 5 nitrogen and oxygen atoms in total. The molecule has 0 N–H and O–H groups in total. The van der Waals surface area contributed by atoms with E-state index in [1.54, 1.807) is 42.0 Å². The average molecular weight is 483 g/mol. The first-order chi connectivity index (χ1) is 15.7. The van der Waals surface area contributed by atoms with Crippen LogP contribution in [0, 0.1) is 0 Å². The van der Waals surface area contributed by atoms with Crippen molar-refractivity contribution < 1.29 is 4.74 Å². The molecule has 2 heterocycles. The lowest BCUT2D eigenvalue weighted by molar-refractivity contribution is 0.412. The highest BCUT2D eigenvalue weighted by atomic mass is 32.2. The molecule has 0 unspecified atom stereocenters. The van der Waals surface area contributed by atoms with Crippen LogP contribution in [-0.2, 0) is 12.2 Å². The van der Waals surface area contributed by atoms with E-state index in [0.717, 1.165) is 58.0 Å². The Morgan fingerprint density at radius 3 is 2.91 bits per heavy atom. The molecule has 0 atom stereocenters. The molecule has 0 fully saturated rings. The van der Waals surface area contributed by atoms with E-state index in [4.69, 9.17) is 9.72 Å². The first-order valence-corrected chi connectivity index (χ1v) is 13.5. The van der Waals surface area contributed by atoms with Gasteiger partial charge in [0, 0.05) is 22.5 Å². The molecule has 166 valence electrons. The zero-order valence-electron chi connectivity index (χ0n) is 18.4. The van der Waals surface area contributed by atoms with Gasteiger partial charge in [0.2, 0.25) is 0 Å². The van der Waals surface area contributed by atoms with Gasteiger partial charge in [-0.3, -0.25) is 4.57 Å². The number of nitrogens with zero attached hydrogens (tertiary/aromatic N) is 4. The fourth-order valence-electron chi connectivity index (χ4n) is 3.52. The molecule has 1 aliphatic carbocycles. The van der Waals surface area contributed by atoms with E-state index in [0.29, 0.717) is 0 Å². The molecule has 3 aromatic rings. The maximum atomic E-state index is 5.63. The molecule has 8 heteroatoms. The Bertz CT molecular complexity index is 1160. The quantitative estimate of drug-likeness (QED) is 0.322. The van der Waals surface area contributed by atoms with Crippen molar-refractivity contribution in [2.75, 3.05) is 13.4 Å². The third-order valence-corrected chi connectivity index (χ3v) is 7.81. The van der Waals surface area contributed by atoms with Gasteiger partial charge < -0.3 is 4.74 Å². The van der Waals surface area contributed by atoms with Crippen LogP contribution < -0.4 is 4.74 Å². The van der Waals surface area contributed by atoms with Gasteiger partial charge >= 0.3 is 0 Å². The summed E-state index contributed by atoms with van der Waals surface area (Å²) in [5.74, 6) is 2.36. The van der Waals surface area contributed by atoms with Gasteiger partial charge in [0.15, 0.2) is 11.0 Å². The van der Waals surface area contributed by atoms with Crippen molar-refractivity contribution >= 4 is 39.8 Å². The highest BCUT2D eigenvalue weighted by Gasteiger charge is 2.20. The molecular formula is C24H26N4OS3. The van der Waals surface area contributed by atoms with E-state index >= 15 is 0 Å². The molecule has 0 radical (unpaired) electrons. The Morgan fingerprint density at radius 2 is 2.16 bits per heavy atom. The Balaban J connectivity index is 1.58. The molecule has 0 amide bonds. The first kappa shape index (κ1) is 22.9. The molecule has 0 bridgehead atoms. The van der Waals surface area contributed by atoms with Gasteiger partial charge in [0.1, 0.15) is 5.75 Å². The maximum Gasteiger partial charge on any atom is 0.196 e. The lowest BCUT2D eigenvalue weighted by Crippen LogP contribution is -2.04. The van der Waals surface area contributed by atoms with Crippen molar-refractivity contribution in [1.29, 1.82) is 0 Å². The fraction of sp³-hybridized carbons (Fsp3) is 0.292. The van der Waals surface area contributed by atoms with E-state index in [1.807, 2.05) is 31.2 Å². The minimum absolute atomic E-state index is 0.743. The monoisotopic (exact) mass is 482 g/mol. The van der Waals surface area contributed by atoms with Crippen molar-refractivity contribution in [3.63, 3.8) is 0 Å². The highest BCUT2D eigenvalue weighted by Crippen LogP contribution is 2.34. The first-order valence-electron chi connectivity index (χ1n) is 10.4. The minimum atomic E-state index is 0.743. The second kappa shape index (κ2) is 11.0. The zero-order chi connectivity index (χ0) is 22.3. The maximum absolute atomic E-state index is 5.63. The van der Waals surface area contributed by atoms with Crippen LogP contribution in [0.3, 0.4) is 0 Å². The number of benzene rings is 1. The van der Waals surface area contributed by atoms with Crippen LogP contribution in [0.5, 0.6) is 5.75 Å². The van der Waals surface area contributed by atoms with Gasteiger partial charge in [-0.25, -0.2) is 4.98 Å². The predicted molar refractivity (Wildman–Crippen MR) is 137 cm³/mol. The number of ether oxygens (including phenoxy) is 1. The summed E-state index contributed by atoms with van der Waals surface area (Å²) in [7, 11) is 1.69. The number of hydrogen-bond donors (Lipinski definition) is 0. The van der Waals surface area contributed by atoms with Crippen LogP contribution in [0.25, 0.3) is 10.6 Å². The molecule has 0 spiro atoms. The van der Waals surface area contributed by atoms with Crippen molar-refractivity contribution in [3.05, 3.63) is 76.0 Å². The van der Waals surface area contributed by atoms with Crippen molar-refractivity contribution in [2.45, 2.75) is 37.1 Å². The second-order valence-electron chi connectivity index (χ2n) is 7.16. The van der Waals surface area contributed by atoms with E-state index < -0.39 is 0 Å². The van der Waals surface area contributed by atoms with Crippen LogP contribution in [0.4, 0.5) is 0 Å². The highest BCUT2D eigenvalue weighted by molar-refractivity contribution is 8.07. The van der Waals surface area contributed by atoms with Crippen molar-refractivity contribution in [3.8, 4) is 11.4 Å². The van der Waals surface area contributed by atoms with Gasteiger partial charge in [-0.2, -0.15) is 0 Å². The number of thiazole rings is 1. The molecule has 2 aromatic heterocycles. The Labute approximate surface area is 201 Å². The predicted octanol–water partition coefficient (Wildman–Crippen LogP) is 6.57. The largest absolute Gasteiger partial charge is 0.495 e. The topological polar surface area (TPSA) is 52.8 Å². The zero-order valence-corrected chi connectivity index (χ0v) is 20.9. The molecule has 4 rings (SSSR count). The molecule has 1 aromatic carbocycles. The van der Waals surface area contributed by atoms with E-state index in [2.05, 4.69) is 50.7 Å². The summed E-state index contributed by atoms with van der Waals surface area (Å²) < 4.78 is 7.72. The van der Waals surface area contributed by atoms with Gasteiger partial charge in [0.25, 0.3) is 0 Å². The van der Waals surface area contributed by atoms with E-state index in [9.17, 15) is 0 Å². The van der Waals surface area contributed by atoms with Crippen LogP contribution >= 0.6 is 34.9 Å². The van der Waals surface area contributed by atoms with Gasteiger partial charge in [0.05, 0.1) is 23.5 Å². The number of hydrogen-bond acceptors (Lipinski definition) is 7. The molecule has 0 aliphatic heterocycles. The number of para-hydroxylation sites is 2. The number of allylic oxidation sites excluding steroid dienone is 5. The summed E-state index contributed by atoms with van der Waals surface area (Å²) in [6, 6.07) is 7.98. The molecule has 1 aliphatic rings. The van der Waals surface area contributed by atoms with Gasteiger partial charge in [-0.1, -0.05) is 53.8 Å². The summed E-state index contributed by atoms with van der Waals surface area (Å²) in [5.41, 5.74) is 3.47. The average Bonchev–Trinajstić information content (AvgIpc) is 3.46. The SMILES string of the molecule is CC=C(SC)c1nnc(SCc2csc(CC3=CC=CCC3)n2)n1-c1ccccc1OC. The minimum Gasteiger partial charge on any atom is -0.495 e. The van der Waals surface area contributed by atoms with Crippen LogP contribution in [-0.4, -0.2) is 33.1 Å². The van der Waals surface area contributed by atoms with Gasteiger partial charge in [-0.05, 0) is 38.2 Å². The Kier molecular flexibility index (Phi) is 7.89. The lowest BCUT2D eigenvalue weighted by Gasteiger charge is -2.14. The van der Waals surface area contributed by atoms with Crippen LogP contribution in [0.15, 0.2) is 64.7 Å². The Hall–Kier alpha value is -2.29. The second-order valence-corrected chi connectivity index (χ2v) is 9.89. The summed E-state index contributed by atoms with van der Waals surface area (Å²) in [6.45, 7) is 2.02. The van der Waals surface area contributed by atoms with Crippen molar-refractivity contribution in [1.82, 2.24) is 19.7 Å². The molecule has 0 saturated heterocycles. The summed E-state index contributed by atoms with van der Waals surface area (Å²) in [6.07, 6.45) is 13.9. The third kappa shape index (κ3) is 5.19. The number of aromatic nitrogens is 4. The third-order valence-electron chi connectivity index (χ3n) is 5.09. The summed E-state index contributed by atoms with van der Waals surface area (Å²) in [5, 5.41) is 13.2. The fourth-order valence-corrected chi connectivity index (χ4v) is 5.86.